The van der Waals surface area contributed by atoms with E-state index >= 15 is 0 Å². The molecule has 0 saturated carbocycles. The lowest BCUT2D eigenvalue weighted by molar-refractivity contribution is 0.312. The van der Waals surface area contributed by atoms with Gasteiger partial charge in [-0.1, -0.05) is 166 Å². The SMILES string of the molecule is CCN(CC)CC.c1ccc2cc3c(ccc4cccc(OB(Oc5cccc6ccc7cc8ccccc8cc7c56)Oc5cccc6ccc7cc8ccccc8cc7c56)c43)cc2c1. The van der Waals surface area contributed by atoms with E-state index in [2.05, 4.69) is 189 Å². The van der Waals surface area contributed by atoms with Crippen LogP contribution in [0.25, 0.3) is 97.0 Å². The van der Waals surface area contributed by atoms with E-state index in [4.69, 9.17) is 14.0 Å². The molecule has 65 heavy (non-hydrogen) atoms. The van der Waals surface area contributed by atoms with Crippen LogP contribution in [0, 0.1) is 0 Å². The number of hydrogen-bond acceptors (Lipinski definition) is 4. The van der Waals surface area contributed by atoms with Crippen LogP contribution in [0.2, 0.25) is 0 Å². The Bertz CT molecular complexity index is 3360. The number of fused-ring (bicyclic) bond motifs is 12. The summed E-state index contributed by atoms with van der Waals surface area (Å²) in [6.07, 6.45) is 0. The van der Waals surface area contributed by atoms with E-state index in [-0.39, 0.29) is 0 Å². The molecule has 12 aromatic rings. The molecule has 0 fully saturated rings. The molecule has 0 atom stereocenters. The third-order valence-electron chi connectivity index (χ3n) is 13.1. The predicted octanol–water partition coefficient (Wildman–Crippen LogP) is 15.9. The van der Waals surface area contributed by atoms with Gasteiger partial charge in [0.05, 0.1) is 0 Å². The highest BCUT2D eigenvalue weighted by atomic mass is 16.7. The molecule has 0 spiro atoms. The fourth-order valence-corrected chi connectivity index (χ4v) is 9.65. The molecule has 0 amide bonds. The van der Waals surface area contributed by atoms with Crippen LogP contribution in [-0.2, 0) is 0 Å². The predicted molar refractivity (Wildman–Crippen MR) is 278 cm³/mol. The van der Waals surface area contributed by atoms with Gasteiger partial charge in [-0.15, -0.1) is 0 Å². The molecule has 0 N–H and O–H groups in total. The summed E-state index contributed by atoms with van der Waals surface area (Å²) in [5, 5.41) is 20.1. The van der Waals surface area contributed by atoms with Crippen molar-refractivity contribution in [3.63, 3.8) is 0 Å². The summed E-state index contributed by atoms with van der Waals surface area (Å²) in [5.74, 6) is 2.03. The van der Waals surface area contributed by atoms with Crippen molar-refractivity contribution in [2.24, 2.45) is 0 Å². The fraction of sp³-hybridized carbons (Fsp3) is 0.100. The molecular formula is C60H48BNO3. The fourth-order valence-electron chi connectivity index (χ4n) is 9.65. The molecular weight excluding hydrogens is 793 g/mol. The molecule has 12 aromatic carbocycles. The Labute approximate surface area is 379 Å². The van der Waals surface area contributed by atoms with Gasteiger partial charge in [0.2, 0.25) is 0 Å². The van der Waals surface area contributed by atoms with Gasteiger partial charge in [-0.2, -0.15) is 0 Å². The van der Waals surface area contributed by atoms with Crippen molar-refractivity contribution < 1.29 is 14.0 Å². The van der Waals surface area contributed by atoms with E-state index in [1.54, 1.807) is 0 Å². The lowest BCUT2D eigenvalue weighted by atomic mass is 9.96. The number of hydrogen-bond donors (Lipinski definition) is 0. The van der Waals surface area contributed by atoms with Gasteiger partial charge < -0.3 is 18.9 Å². The number of benzene rings is 12. The highest BCUT2D eigenvalue weighted by Gasteiger charge is 2.33. The molecule has 0 aliphatic rings. The quantitative estimate of drug-likeness (QED) is 0.0823. The first kappa shape index (κ1) is 40.2. The third-order valence-corrected chi connectivity index (χ3v) is 13.1. The minimum absolute atomic E-state index is 0.676. The smallest absolute Gasteiger partial charge is 0.489 e. The highest BCUT2D eigenvalue weighted by Crippen LogP contribution is 2.40. The van der Waals surface area contributed by atoms with Gasteiger partial charge in [-0.05, 0) is 155 Å². The second-order valence-electron chi connectivity index (χ2n) is 16.8. The van der Waals surface area contributed by atoms with Crippen molar-refractivity contribution in [2.45, 2.75) is 20.8 Å². The van der Waals surface area contributed by atoms with Gasteiger partial charge in [0.1, 0.15) is 17.2 Å². The van der Waals surface area contributed by atoms with Crippen molar-refractivity contribution in [1.29, 1.82) is 0 Å². The lowest BCUT2D eigenvalue weighted by Gasteiger charge is -2.21. The first-order chi connectivity index (χ1) is 32.0. The Hall–Kier alpha value is -7.60. The average Bonchev–Trinajstić information content (AvgIpc) is 3.35. The van der Waals surface area contributed by atoms with E-state index in [0.29, 0.717) is 17.2 Å². The minimum Gasteiger partial charge on any atom is -0.489 e. The van der Waals surface area contributed by atoms with Crippen molar-refractivity contribution in [1.82, 2.24) is 4.90 Å². The zero-order chi connectivity index (χ0) is 43.9. The first-order valence-corrected chi connectivity index (χ1v) is 22.8. The number of rotatable bonds is 9. The summed E-state index contributed by atoms with van der Waals surface area (Å²) in [6, 6.07) is 70.6. The maximum absolute atomic E-state index is 7.07. The first-order valence-electron chi connectivity index (χ1n) is 22.8. The Morgan fingerprint density at radius 3 is 0.831 bits per heavy atom. The van der Waals surface area contributed by atoms with Crippen molar-refractivity contribution in [3.05, 3.63) is 200 Å². The molecule has 314 valence electrons. The Balaban J connectivity index is 0.000000623. The molecule has 0 aliphatic heterocycles. The maximum Gasteiger partial charge on any atom is 0.864 e. The minimum atomic E-state index is -1.16. The van der Waals surface area contributed by atoms with Gasteiger partial charge in [0.25, 0.3) is 0 Å². The average molecular weight is 842 g/mol. The van der Waals surface area contributed by atoms with Crippen LogP contribution in [0.15, 0.2) is 200 Å². The van der Waals surface area contributed by atoms with Crippen LogP contribution >= 0.6 is 0 Å². The van der Waals surface area contributed by atoms with E-state index in [1.807, 2.05) is 36.4 Å². The van der Waals surface area contributed by atoms with Crippen molar-refractivity contribution in [3.8, 4) is 17.2 Å². The van der Waals surface area contributed by atoms with Crippen LogP contribution in [0.3, 0.4) is 0 Å². The molecule has 12 rings (SSSR count). The molecule has 0 saturated heterocycles. The standard InChI is InChI=1S/C54H33BO3.C6H15N/c1-4-13-40-31-46-43(28-37(40)10-1)25-22-34-16-7-19-49(52(34)46)56-55(57-50-20-8-17-35-23-26-44-29-38-11-2-5-14-41(38)32-47(44)53(35)50)58-51-21-9-18-36-24-27-45-30-39-12-3-6-15-42(39)33-48(45)54(36)51;1-4-7(5-2)6-3/h1-33H;4-6H2,1-3H3. The van der Waals surface area contributed by atoms with Crippen LogP contribution in [0.1, 0.15) is 20.8 Å². The largest absolute Gasteiger partial charge is 0.864 e. The number of nitrogens with zero attached hydrogens (tertiary/aromatic N) is 1. The summed E-state index contributed by atoms with van der Waals surface area (Å²) in [7, 11) is -1.16. The molecule has 0 unspecified atom stereocenters. The molecule has 0 aromatic heterocycles. The molecule has 0 heterocycles. The zero-order valence-electron chi connectivity index (χ0n) is 36.9. The molecule has 5 heteroatoms. The third kappa shape index (κ3) is 7.58. The van der Waals surface area contributed by atoms with Gasteiger partial charge in [-0.25, -0.2) is 0 Å². The van der Waals surface area contributed by atoms with Gasteiger partial charge >= 0.3 is 7.32 Å². The highest BCUT2D eigenvalue weighted by molar-refractivity contribution is 6.41. The van der Waals surface area contributed by atoms with Crippen LogP contribution in [-0.4, -0.2) is 31.9 Å². The second kappa shape index (κ2) is 17.2. The molecule has 0 aliphatic carbocycles. The van der Waals surface area contributed by atoms with Crippen molar-refractivity contribution >= 4 is 104 Å². The zero-order valence-corrected chi connectivity index (χ0v) is 36.9. The van der Waals surface area contributed by atoms with E-state index < -0.39 is 7.32 Å². The van der Waals surface area contributed by atoms with Gasteiger partial charge in [0, 0.05) is 16.2 Å². The van der Waals surface area contributed by atoms with Crippen LogP contribution in [0.5, 0.6) is 17.2 Å². The lowest BCUT2D eigenvalue weighted by Crippen LogP contribution is -2.37. The van der Waals surface area contributed by atoms with E-state index in [0.717, 1.165) is 64.6 Å². The topological polar surface area (TPSA) is 30.9 Å². The van der Waals surface area contributed by atoms with Gasteiger partial charge in [0.15, 0.2) is 0 Å². The molecule has 0 bridgehead atoms. The summed E-state index contributed by atoms with van der Waals surface area (Å²) in [4.78, 5) is 2.38. The maximum atomic E-state index is 7.07. The van der Waals surface area contributed by atoms with Crippen LogP contribution in [0.4, 0.5) is 0 Å². The van der Waals surface area contributed by atoms with Crippen molar-refractivity contribution in [2.75, 3.05) is 19.6 Å². The van der Waals surface area contributed by atoms with E-state index in [1.165, 1.54) is 52.0 Å². The summed E-state index contributed by atoms with van der Waals surface area (Å²) >= 11 is 0. The monoisotopic (exact) mass is 841 g/mol. The Kier molecular flexibility index (Phi) is 10.6. The Morgan fingerprint density at radius 1 is 0.292 bits per heavy atom. The van der Waals surface area contributed by atoms with Crippen LogP contribution < -0.4 is 14.0 Å². The summed E-state index contributed by atoms with van der Waals surface area (Å²) in [5.41, 5.74) is 0. The normalized spacial score (nSPS) is 11.6. The Morgan fingerprint density at radius 2 is 0.554 bits per heavy atom. The summed E-state index contributed by atoms with van der Waals surface area (Å²) < 4.78 is 21.2. The molecule has 4 nitrogen and oxygen atoms in total. The second-order valence-corrected chi connectivity index (χ2v) is 16.8. The summed E-state index contributed by atoms with van der Waals surface area (Å²) in [6.45, 7) is 10.1. The molecule has 0 radical (unpaired) electrons. The van der Waals surface area contributed by atoms with Gasteiger partial charge in [-0.3, -0.25) is 0 Å². The van der Waals surface area contributed by atoms with E-state index in [9.17, 15) is 0 Å².